The molecule has 0 spiro atoms. The lowest BCUT2D eigenvalue weighted by Crippen LogP contribution is -2.05. The topological polar surface area (TPSA) is 61.6 Å². The summed E-state index contributed by atoms with van der Waals surface area (Å²) in [6, 6.07) is 24.4. The van der Waals surface area contributed by atoms with Crippen LogP contribution < -0.4 is 5.32 Å². The van der Waals surface area contributed by atoms with Gasteiger partial charge in [-0.05, 0) is 43.2 Å². The van der Waals surface area contributed by atoms with Crippen molar-refractivity contribution in [1.29, 1.82) is 5.26 Å². The van der Waals surface area contributed by atoms with Gasteiger partial charge in [-0.3, -0.25) is 4.98 Å². The predicted octanol–water partition coefficient (Wildman–Crippen LogP) is 6.38. The highest BCUT2D eigenvalue weighted by molar-refractivity contribution is 5.85. The highest BCUT2D eigenvalue weighted by Gasteiger charge is 2.17. The van der Waals surface area contributed by atoms with Crippen LogP contribution in [0.1, 0.15) is 22.3 Å². The lowest BCUT2D eigenvalue weighted by Gasteiger charge is -2.16. The summed E-state index contributed by atoms with van der Waals surface area (Å²) in [6.07, 6.45) is 3.42. The molecule has 0 aliphatic rings. The first-order chi connectivity index (χ1) is 15.1. The van der Waals surface area contributed by atoms with E-state index >= 15 is 0 Å². The average molecular weight is 403 g/mol. The summed E-state index contributed by atoms with van der Waals surface area (Å²) < 4.78 is 0. The first kappa shape index (κ1) is 20.1. The molecule has 0 unspecified atom stereocenters. The molecule has 31 heavy (non-hydrogen) atoms. The van der Waals surface area contributed by atoms with E-state index in [4.69, 9.17) is 4.98 Å². The Morgan fingerprint density at radius 2 is 1.71 bits per heavy atom. The molecule has 4 heteroatoms. The molecule has 0 radical (unpaired) electrons. The molecule has 150 valence electrons. The maximum absolute atomic E-state index is 10.1. The lowest BCUT2D eigenvalue weighted by molar-refractivity contribution is 1.27. The Morgan fingerprint density at radius 1 is 0.935 bits per heavy atom. The van der Waals surface area contributed by atoms with Crippen molar-refractivity contribution in [1.82, 2.24) is 9.97 Å². The van der Waals surface area contributed by atoms with Crippen molar-refractivity contribution in [2.45, 2.75) is 13.8 Å². The third-order valence-electron chi connectivity index (χ3n) is 5.18. The summed E-state index contributed by atoms with van der Waals surface area (Å²) in [5.41, 5.74) is 7.92. The van der Waals surface area contributed by atoms with Crippen LogP contribution in [0.2, 0.25) is 0 Å². The summed E-state index contributed by atoms with van der Waals surface area (Å²) in [5, 5.41) is 13.3. The molecule has 4 aromatic rings. The maximum atomic E-state index is 10.1. The molecular formula is C27H22N4. The number of anilines is 1. The molecule has 4 rings (SSSR count). The Kier molecular flexibility index (Phi) is 5.59. The SMILES string of the molecule is C=C(Nc1nc(-c2ccccc2C)cc(-c2cccc(C)c2)c1C#N)c1ccncc1. The number of hydrogen-bond donors (Lipinski definition) is 1. The largest absolute Gasteiger partial charge is 0.339 e. The predicted molar refractivity (Wildman–Crippen MR) is 126 cm³/mol. The molecule has 0 aliphatic heterocycles. The van der Waals surface area contributed by atoms with Gasteiger partial charge < -0.3 is 5.32 Å². The zero-order chi connectivity index (χ0) is 21.8. The van der Waals surface area contributed by atoms with Crippen LogP contribution in [0.4, 0.5) is 5.82 Å². The number of nitrogens with one attached hydrogen (secondary N) is 1. The van der Waals surface area contributed by atoms with E-state index in [2.05, 4.69) is 42.0 Å². The van der Waals surface area contributed by atoms with Crippen molar-refractivity contribution in [3.05, 3.63) is 108 Å². The number of pyridine rings is 2. The van der Waals surface area contributed by atoms with Gasteiger partial charge in [0.2, 0.25) is 0 Å². The van der Waals surface area contributed by atoms with Crippen LogP contribution in [0.15, 0.2) is 85.7 Å². The van der Waals surface area contributed by atoms with Crippen LogP contribution in [0.25, 0.3) is 28.1 Å². The molecule has 4 nitrogen and oxygen atoms in total. The van der Waals surface area contributed by atoms with Gasteiger partial charge in [0.15, 0.2) is 0 Å². The second kappa shape index (κ2) is 8.64. The van der Waals surface area contributed by atoms with Gasteiger partial charge >= 0.3 is 0 Å². The van der Waals surface area contributed by atoms with Gasteiger partial charge in [-0.25, -0.2) is 4.98 Å². The first-order valence-corrected chi connectivity index (χ1v) is 10.0. The molecule has 2 heterocycles. The van der Waals surface area contributed by atoms with E-state index in [-0.39, 0.29) is 0 Å². The summed E-state index contributed by atoms with van der Waals surface area (Å²) in [6.45, 7) is 8.25. The summed E-state index contributed by atoms with van der Waals surface area (Å²) in [7, 11) is 0. The fourth-order valence-corrected chi connectivity index (χ4v) is 3.56. The highest BCUT2D eigenvalue weighted by Crippen LogP contribution is 2.34. The number of rotatable bonds is 5. The number of benzene rings is 2. The fraction of sp³-hybridized carbons (Fsp3) is 0.0741. The zero-order valence-electron chi connectivity index (χ0n) is 17.6. The molecule has 1 N–H and O–H groups in total. The summed E-state index contributed by atoms with van der Waals surface area (Å²) >= 11 is 0. The minimum absolute atomic E-state index is 0.484. The average Bonchev–Trinajstić information content (AvgIpc) is 2.79. The van der Waals surface area contributed by atoms with Crippen LogP contribution in [0.5, 0.6) is 0 Å². The number of nitrogens with zero attached hydrogens (tertiary/aromatic N) is 3. The zero-order valence-corrected chi connectivity index (χ0v) is 17.6. The third-order valence-corrected chi connectivity index (χ3v) is 5.18. The van der Waals surface area contributed by atoms with E-state index < -0.39 is 0 Å². The fourth-order valence-electron chi connectivity index (χ4n) is 3.56. The Morgan fingerprint density at radius 3 is 2.42 bits per heavy atom. The molecule has 2 aromatic heterocycles. The van der Waals surface area contributed by atoms with Crippen LogP contribution in [-0.2, 0) is 0 Å². The Bertz CT molecular complexity index is 1300. The second-order valence-electron chi connectivity index (χ2n) is 7.41. The monoisotopic (exact) mass is 402 g/mol. The van der Waals surface area contributed by atoms with Gasteiger partial charge in [0.1, 0.15) is 17.5 Å². The van der Waals surface area contributed by atoms with Crippen molar-refractivity contribution in [2.75, 3.05) is 5.32 Å². The minimum Gasteiger partial charge on any atom is -0.339 e. The van der Waals surface area contributed by atoms with Crippen molar-refractivity contribution < 1.29 is 0 Å². The number of aryl methyl sites for hydroxylation is 2. The van der Waals surface area contributed by atoms with Gasteiger partial charge in [-0.15, -0.1) is 0 Å². The lowest BCUT2D eigenvalue weighted by atomic mass is 9.96. The normalized spacial score (nSPS) is 10.4. The quantitative estimate of drug-likeness (QED) is 0.421. The molecule has 2 aromatic carbocycles. The summed E-state index contributed by atoms with van der Waals surface area (Å²) in [5.74, 6) is 0.488. The minimum atomic E-state index is 0.484. The van der Waals surface area contributed by atoms with Crippen molar-refractivity contribution in [3.63, 3.8) is 0 Å². The van der Waals surface area contributed by atoms with Gasteiger partial charge in [-0.2, -0.15) is 5.26 Å². The van der Waals surface area contributed by atoms with Crippen LogP contribution in [-0.4, -0.2) is 9.97 Å². The number of aromatic nitrogens is 2. The number of nitriles is 1. The van der Waals surface area contributed by atoms with Crippen molar-refractivity contribution >= 4 is 11.5 Å². The van der Waals surface area contributed by atoms with Gasteiger partial charge in [0, 0.05) is 34.8 Å². The van der Waals surface area contributed by atoms with E-state index in [0.29, 0.717) is 17.1 Å². The van der Waals surface area contributed by atoms with Crippen molar-refractivity contribution in [3.8, 4) is 28.5 Å². The van der Waals surface area contributed by atoms with E-state index in [1.54, 1.807) is 12.4 Å². The van der Waals surface area contributed by atoms with Gasteiger partial charge in [0.05, 0.1) is 5.69 Å². The van der Waals surface area contributed by atoms with Crippen molar-refractivity contribution in [2.24, 2.45) is 0 Å². The molecule has 0 fully saturated rings. The third kappa shape index (κ3) is 4.22. The molecule has 0 bridgehead atoms. The van der Waals surface area contributed by atoms with Crippen LogP contribution in [0, 0.1) is 25.2 Å². The first-order valence-electron chi connectivity index (χ1n) is 10.0. The number of hydrogen-bond acceptors (Lipinski definition) is 4. The smallest absolute Gasteiger partial charge is 0.149 e. The van der Waals surface area contributed by atoms with E-state index in [0.717, 1.165) is 39.1 Å². The van der Waals surface area contributed by atoms with E-state index in [9.17, 15) is 5.26 Å². The van der Waals surface area contributed by atoms with Crippen LogP contribution in [0.3, 0.4) is 0 Å². The molecule has 0 aliphatic carbocycles. The van der Waals surface area contributed by atoms with Gasteiger partial charge in [-0.1, -0.05) is 60.7 Å². The van der Waals surface area contributed by atoms with Gasteiger partial charge in [0.25, 0.3) is 0 Å². The Labute approximate surface area is 182 Å². The highest BCUT2D eigenvalue weighted by atomic mass is 15.0. The molecule has 0 amide bonds. The molecular weight excluding hydrogens is 380 g/mol. The van der Waals surface area contributed by atoms with E-state index in [1.807, 2.05) is 61.5 Å². The molecule has 0 atom stereocenters. The standard InChI is InChI=1S/C27H22N4/c1-18-7-6-9-22(15-18)24-16-26(23-10-5-4-8-19(23)2)31-27(25(24)17-28)30-20(3)21-11-13-29-14-12-21/h4-16H,3H2,1-2H3,(H,30,31). The molecule has 0 saturated heterocycles. The molecule has 0 saturated carbocycles. The summed E-state index contributed by atoms with van der Waals surface area (Å²) in [4.78, 5) is 8.90. The Hall–Kier alpha value is -4.23. The maximum Gasteiger partial charge on any atom is 0.149 e. The van der Waals surface area contributed by atoms with E-state index in [1.165, 1.54) is 0 Å². The Balaban J connectivity index is 1.91. The van der Waals surface area contributed by atoms with Crippen LogP contribution >= 0.6 is 0 Å². The second-order valence-corrected chi connectivity index (χ2v) is 7.41.